The molecule has 0 unspecified atom stereocenters. The van der Waals surface area contributed by atoms with E-state index in [1.807, 2.05) is 12.2 Å². The molecule has 0 aromatic rings. The molecule has 4 atom stereocenters. The number of likely N-dealkylation sites (tertiary alicyclic amines) is 1. The summed E-state index contributed by atoms with van der Waals surface area (Å²) < 4.78 is 5.44. The van der Waals surface area contributed by atoms with Gasteiger partial charge in [-0.25, -0.2) is 4.79 Å². The Morgan fingerprint density at radius 2 is 1.45 bits per heavy atom. The van der Waals surface area contributed by atoms with Gasteiger partial charge in [0.1, 0.15) is 6.04 Å². The molecular formula is C24H32N2O5. The lowest BCUT2D eigenvalue weighted by Crippen LogP contribution is -2.61. The third kappa shape index (κ3) is 3.50. The highest BCUT2D eigenvalue weighted by Crippen LogP contribution is 2.55. The molecule has 6 aliphatic rings. The maximum Gasteiger partial charge on any atom is 0.329 e. The van der Waals surface area contributed by atoms with Crippen LogP contribution in [-0.4, -0.2) is 46.3 Å². The molecule has 168 valence electrons. The molecule has 7 nitrogen and oxygen atoms in total. The van der Waals surface area contributed by atoms with E-state index in [9.17, 15) is 19.2 Å². The van der Waals surface area contributed by atoms with Gasteiger partial charge in [-0.2, -0.15) is 0 Å². The fourth-order valence-electron chi connectivity index (χ4n) is 7.27. The van der Waals surface area contributed by atoms with E-state index in [0.717, 1.165) is 24.2 Å². The largest absolute Gasteiger partial charge is 0.451 e. The second-order valence-electron chi connectivity index (χ2n) is 10.6. The van der Waals surface area contributed by atoms with Crippen molar-refractivity contribution < 1.29 is 23.9 Å². The van der Waals surface area contributed by atoms with E-state index in [0.29, 0.717) is 30.6 Å². The van der Waals surface area contributed by atoms with Crippen molar-refractivity contribution in [3.63, 3.8) is 0 Å². The number of nitrogens with zero attached hydrogens (tertiary/aromatic N) is 1. The molecule has 4 bridgehead atoms. The van der Waals surface area contributed by atoms with Crippen LogP contribution in [0.15, 0.2) is 12.2 Å². The molecule has 1 aliphatic heterocycles. The number of hydrogen-bond donors (Lipinski definition) is 1. The highest BCUT2D eigenvalue weighted by molar-refractivity contribution is 6.08. The molecule has 0 radical (unpaired) electrons. The smallest absolute Gasteiger partial charge is 0.329 e. The zero-order valence-corrected chi connectivity index (χ0v) is 18.3. The SMILES string of the molecule is C[C@H](OC(=O)[C@H](C)N1C(=O)[C@H]2CC=CC[C@H]2C1=O)C(=O)NC12CC3CC(CC(C3)C1)C2. The zero-order valence-electron chi connectivity index (χ0n) is 18.3. The molecule has 3 amide bonds. The van der Waals surface area contributed by atoms with Crippen LogP contribution >= 0.6 is 0 Å². The first kappa shape index (κ1) is 20.7. The third-order valence-electron chi connectivity index (χ3n) is 8.36. The van der Waals surface area contributed by atoms with E-state index < -0.39 is 18.1 Å². The number of fused-ring (bicyclic) bond motifs is 1. The standard InChI is InChI=1S/C24H32N2O5/c1-13(26-21(28)18-5-3-4-6-19(18)22(26)29)23(30)31-14(2)20(27)25-24-10-15-7-16(11-24)9-17(8-15)12-24/h3-4,13-19H,5-12H2,1-2H3,(H,25,27)/t13-,14-,15?,16?,17?,18-,19+,24?/m0/s1. The van der Waals surface area contributed by atoms with Gasteiger partial charge in [0.25, 0.3) is 5.91 Å². The van der Waals surface area contributed by atoms with E-state index in [1.54, 1.807) is 6.92 Å². The van der Waals surface area contributed by atoms with Gasteiger partial charge in [-0.1, -0.05) is 12.2 Å². The summed E-state index contributed by atoms with van der Waals surface area (Å²) in [6.07, 6.45) is 10.8. The van der Waals surface area contributed by atoms with Gasteiger partial charge in [-0.05, 0) is 83.0 Å². The molecule has 31 heavy (non-hydrogen) atoms. The van der Waals surface area contributed by atoms with E-state index >= 15 is 0 Å². The zero-order chi connectivity index (χ0) is 21.9. The summed E-state index contributed by atoms with van der Waals surface area (Å²) >= 11 is 0. The topological polar surface area (TPSA) is 92.8 Å². The van der Waals surface area contributed by atoms with Crippen molar-refractivity contribution in [3.8, 4) is 0 Å². The first-order chi connectivity index (χ1) is 14.8. The second kappa shape index (κ2) is 7.45. The predicted octanol–water partition coefficient (Wildman–Crippen LogP) is 2.34. The second-order valence-corrected chi connectivity index (χ2v) is 10.6. The normalized spacial score (nSPS) is 39.9. The molecule has 7 heteroatoms. The number of rotatable bonds is 5. The lowest BCUT2D eigenvalue weighted by molar-refractivity contribution is -0.165. The van der Waals surface area contributed by atoms with Gasteiger partial charge in [-0.3, -0.25) is 19.3 Å². The molecule has 6 rings (SSSR count). The molecule has 0 aromatic carbocycles. The summed E-state index contributed by atoms with van der Waals surface area (Å²) in [4.78, 5) is 52.1. The average molecular weight is 429 g/mol. The van der Waals surface area contributed by atoms with Crippen molar-refractivity contribution in [2.45, 2.75) is 82.9 Å². The Labute approximate surface area is 182 Å². The number of esters is 1. The highest BCUT2D eigenvalue weighted by atomic mass is 16.5. The Morgan fingerprint density at radius 3 is 1.94 bits per heavy atom. The summed E-state index contributed by atoms with van der Waals surface area (Å²) in [5.41, 5.74) is -0.151. The van der Waals surface area contributed by atoms with E-state index in [1.165, 1.54) is 26.2 Å². The van der Waals surface area contributed by atoms with Crippen LogP contribution in [0.25, 0.3) is 0 Å². The van der Waals surface area contributed by atoms with Gasteiger partial charge in [0, 0.05) is 5.54 Å². The first-order valence-electron chi connectivity index (χ1n) is 11.8. The Bertz CT molecular complexity index is 788. The van der Waals surface area contributed by atoms with Crippen LogP contribution in [-0.2, 0) is 23.9 Å². The van der Waals surface area contributed by atoms with Gasteiger partial charge in [0.2, 0.25) is 11.8 Å². The minimum atomic E-state index is -1.03. The number of amides is 3. The molecule has 4 saturated carbocycles. The summed E-state index contributed by atoms with van der Waals surface area (Å²) in [5, 5.41) is 3.22. The molecule has 0 aromatic heterocycles. The molecule has 5 fully saturated rings. The summed E-state index contributed by atoms with van der Waals surface area (Å²) in [6.45, 7) is 3.07. The van der Waals surface area contributed by atoms with Crippen molar-refractivity contribution in [1.82, 2.24) is 10.2 Å². The van der Waals surface area contributed by atoms with E-state index in [2.05, 4.69) is 5.32 Å². The van der Waals surface area contributed by atoms with E-state index in [4.69, 9.17) is 4.74 Å². The van der Waals surface area contributed by atoms with Crippen molar-refractivity contribution >= 4 is 23.7 Å². The highest BCUT2D eigenvalue weighted by Gasteiger charge is 2.53. The predicted molar refractivity (Wildman–Crippen MR) is 111 cm³/mol. The number of ether oxygens (including phenoxy) is 1. The fourth-order valence-corrected chi connectivity index (χ4v) is 7.27. The summed E-state index contributed by atoms with van der Waals surface area (Å²) in [7, 11) is 0. The molecule has 1 N–H and O–H groups in total. The Balaban J connectivity index is 1.20. The van der Waals surface area contributed by atoms with Gasteiger partial charge < -0.3 is 10.1 Å². The minimum absolute atomic E-state index is 0.151. The van der Waals surface area contributed by atoms with Crippen LogP contribution in [0.4, 0.5) is 0 Å². The number of allylic oxidation sites excluding steroid dienone is 2. The number of carbonyl (C=O) groups excluding carboxylic acids is 4. The average Bonchev–Trinajstić information content (AvgIpc) is 2.96. The fraction of sp³-hybridized carbons (Fsp3) is 0.750. The van der Waals surface area contributed by atoms with Gasteiger partial charge in [-0.15, -0.1) is 0 Å². The van der Waals surface area contributed by atoms with Crippen LogP contribution < -0.4 is 5.32 Å². The Morgan fingerprint density at radius 1 is 0.968 bits per heavy atom. The summed E-state index contributed by atoms with van der Waals surface area (Å²) in [6, 6.07) is -1.03. The quantitative estimate of drug-likeness (QED) is 0.412. The van der Waals surface area contributed by atoms with Crippen molar-refractivity contribution in [2.75, 3.05) is 0 Å². The number of nitrogens with one attached hydrogen (secondary N) is 1. The van der Waals surface area contributed by atoms with Crippen LogP contribution in [0.5, 0.6) is 0 Å². The van der Waals surface area contributed by atoms with Crippen LogP contribution in [0.1, 0.15) is 65.2 Å². The lowest BCUT2D eigenvalue weighted by atomic mass is 9.53. The molecule has 1 heterocycles. The monoisotopic (exact) mass is 428 g/mol. The maximum atomic E-state index is 12.9. The first-order valence-corrected chi connectivity index (χ1v) is 11.8. The van der Waals surface area contributed by atoms with Crippen LogP contribution in [0.3, 0.4) is 0 Å². The molecule has 0 spiro atoms. The molecular weight excluding hydrogens is 396 g/mol. The van der Waals surface area contributed by atoms with Gasteiger partial charge in [0.15, 0.2) is 6.10 Å². The Kier molecular flexibility index (Phi) is 4.98. The summed E-state index contributed by atoms with van der Waals surface area (Å²) in [5.74, 6) is -0.266. The van der Waals surface area contributed by atoms with Crippen molar-refractivity contribution in [1.29, 1.82) is 0 Å². The number of carbonyl (C=O) groups is 4. The number of imide groups is 1. The van der Waals surface area contributed by atoms with Crippen LogP contribution in [0.2, 0.25) is 0 Å². The minimum Gasteiger partial charge on any atom is -0.451 e. The van der Waals surface area contributed by atoms with Crippen molar-refractivity contribution in [2.24, 2.45) is 29.6 Å². The lowest BCUT2D eigenvalue weighted by Gasteiger charge is -2.57. The Hall–Kier alpha value is -2.18. The maximum absolute atomic E-state index is 12.9. The molecule has 5 aliphatic carbocycles. The van der Waals surface area contributed by atoms with E-state index in [-0.39, 0.29) is 35.1 Å². The van der Waals surface area contributed by atoms with Crippen molar-refractivity contribution in [3.05, 3.63) is 12.2 Å². The van der Waals surface area contributed by atoms with Crippen LogP contribution in [0, 0.1) is 29.6 Å². The third-order valence-corrected chi connectivity index (χ3v) is 8.36. The van der Waals surface area contributed by atoms with Gasteiger partial charge >= 0.3 is 5.97 Å². The van der Waals surface area contributed by atoms with Gasteiger partial charge in [0.05, 0.1) is 11.8 Å². The number of hydrogen-bond acceptors (Lipinski definition) is 5. The molecule has 1 saturated heterocycles.